The lowest BCUT2D eigenvalue weighted by Crippen LogP contribution is -2.22. The molecule has 1 aromatic rings. The van der Waals surface area contributed by atoms with E-state index >= 15 is 0 Å². The quantitative estimate of drug-likeness (QED) is 0.843. The van der Waals surface area contributed by atoms with Crippen molar-refractivity contribution in [2.24, 2.45) is 0 Å². The van der Waals surface area contributed by atoms with Gasteiger partial charge in [-0.3, -0.25) is 0 Å². The molecular weight excluding hydrogens is 223 g/mol. The van der Waals surface area contributed by atoms with Crippen molar-refractivity contribution >= 4 is 11.7 Å². The van der Waals surface area contributed by atoms with Crippen molar-refractivity contribution in [3.63, 3.8) is 0 Å². The molecule has 0 aliphatic carbocycles. The average Bonchev–Trinajstić information content (AvgIpc) is 2.14. The number of rotatable bonds is 3. The van der Waals surface area contributed by atoms with Crippen molar-refractivity contribution in [1.29, 1.82) is 0 Å². The summed E-state index contributed by atoms with van der Waals surface area (Å²) < 4.78 is 35.8. The molecule has 0 unspecified atom stereocenters. The highest BCUT2D eigenvalue weighted by molar-refractivity contribution is 5.94. The molecule has 1 rings (SSSR count). The Bertz CT molecular complexity index is 402. The summed E-state index contributed by atoms with van der Waals surface area (Å²) in [6.07, 6.45) is -4.37. The summed E-state index contributed by atoms with van der Waals surface area (Å²) >= 11 is 0. The third kappa shape index (κ3) is 3.45. The maximum Gasteiger partial charge on any atom is 0.405 e. The number of nitrogens with one attached hydrogen (secondary N) is 1. The minimum absolute atomic E-state index is 0.0320. The van der Waals surface area contributed by atoms with Gasteiger partial charge >= 0.3 is 12.1 Å². The van der Waals surface area contributed by atoms with Crippen LogP contribution in [-0.2, 0) is 0 Å². The second-order valence-corrected chi connectivity index (χ2v) is 3.32. The first-order valence-corrected chi connectivity index (χ1v) is 4.44. The minimum Gasteiger partial charge on any atom is -0.478 e. The van der Waals surface area contributed by atoms with Crippen LogP contribution in [0.1, 0.15) is 15.9 Å². The number of carboxylic acids is 1. The number of aryl methyl sites for hydroxylation is 1. The van der Waals surface area contributed by atoms with Crippen LogP contribution in [0.3, 0.4) is 0 Å². The normalized spacial score (nSPS) is 11.2. The van der Waals surface area contributed by atoms with Crippen LogP contribution in [-0.4, -0.2) is 23.8 Å². The lowest BCUT2D eigenvalue weighted by atomic mass is 10.1. The number of aromatic carboxylic acids is 1. The van der Waals surface area contributed by atoms with E-state index in [4.69, 9.17) is 5.11 Å². The predicted octanol–water partition coefficient (Wildman–Crippen LogP) is 2.67. The summed E-state index contributed by atoms with van der Waals surface area (Å²) in [6.45, 7) is 0.413. The van der Waals surface area contributed by atoms with Crippen LogP contribution in [0.5, 0.6) is 0 Å². The van der Waals surface area contributed by atoms with Crippen LogP contribution in [0.15, 0.2) is 18.2 Å². The molecule has 0 amide bonds. The molecule has 0 heterocycles. The van der Waals surface area contributed by atoms with Crippen molar-refractivity contribution in [3.8, 4) is 0 Å². The van der Waals surface area contributed by atoms with Crippen LogP contribution < -0.4 is 5.32 Å². The van der Waals surface area contributed by atoms with Crippen molar-refractivity contribution in [2.75, 3.05) is 11.9 Å². The highest BCUT2D eigenvalue weighted by Crippen LogP contribution is 2.20. The zero-order valence-electron chi connectivity index (χ0n) is 8.43. The summed E-state index contributed by atoms with van der Waals surface area (Å²) in [5, 5.41) is 10.9. The number of carboxylic acid groups (broad SMARTS) is 1. The molecule has 0 radical (unpaired) electrons. The molecule has 0 spiro atoms. The fourth-order valence-corrected chi connectivity index (χ4v) is 1.18. The molecule has 88 valence electrons. The van der Waals surface area contributed by atoms with Crippen molar-refractivity contribution in [1.82, 2.24) is 0 Å². The number of benzene rings is 1. The number of hydrogen-bond acceptors (Lipinski definition) is 2. The van der Waals surface area contributed by atoms with Crippen molar-refractivity contribution in [3.05, 3.63) is 29.3 Å². The molecule has 16 heavy (non-hydrogen) atoms. The maximum absolute atomic E-state index is 11.9. The summed E-state index contributed by atoms with van der Waals surface area (Å²) in [5.41, 5.74) is 0.481. The fourth-order valence-electron chi connectivity index (χ4n) is 1.18. The first-order valence-electron chi connectivity index (χ1n) is 4.44. The van der Waals surface area contributed by atoms with Gasteiger partial charge < -0.3 is 10.4 Å². The number of carbonyl (C=O) groups is 1. The topological polar surface area (TPSA) is 49.3 Å². The van der Waals surface area contributed by atoms with Gasteiger partial charge in [-0.1, -0.05) is 11.6 Å². The summed E-state index contributed by atoms with van der Waals surface area (Å²) in [7, 11) is 0. The van der Waals surface area contributed by atoms with Crippen molar-refractivity contribution in [2.45, 2.75) is 13.1 Å². The molecule has 0 fully saturated rings. The standard InChI is InChI=1S/C10H10F3NO2/c1-6-2-3-8(7(4-6)9(15)16)14-5-10(11,12)13/h2-4,14H,5H2,1H3,(H,15,16). The molecule has 0 saturated carbocycles. The molecule has 2 N–H and O–H groups in total. The fraction of sp³-hybridized carbons (Fsp3) is 0.300. The van der Waals surface area contributed by atoms with E-state index in [0.717, 1.165) is 0 Å². The molecule has 1 aromatic carbocycles. The minimum atomic E-state index is -4.37. The van der Waals surface area contributed by atoms with Gasteiger partial charge in [0.05, 0.1) is 5.56 Å². The highest BCUT2D eigenvalue weighted by Gasteiger charge is 2.27. The van der Waals surface area contributed by atoms with E-state index in [1.54, 1.807) is 13.0 Å². The van der Waals surface area contributed by atoms with E-state index in [-0.39, 0.29) is 11.3 Å². The van der Waals surface area contributed by atoms with Gasteiger partial charge in [0.1, 0.15) is 6.54 Å². The van der Waals surface area contributed by atoms with Crippen LogP contribution >= 0.6 is 0 Å². The van der Waals surface area contributed by atoms with E-state index in [0.29, 0.717) is 5.56 Å². The molecule has 6 heteroatoms. The zero-order chi connectivity index (χ0) is 12.3. The van der Waals surface area contributed by atoms with Gasteiger partial charge in [0, 0.05) is 5.69 Å². The lowest BCUT2D eigenvalue weighted by Gasteiger charge is -2.12. The van der Waals surface area contributed by atoms with E-state index in [1.165, 1.54) is 12.1 Å². The maximum atomic E-state index is 11.9. The van der Waals surface area contributed by atoms with E-state index in [2.05, 4.69) is 5.32 Å². The molecule has 0 aliphatic heterocycles. The summed E-state index contributed by atoms with van der Waals surface area (Å²) in [4.78, 5) is 10.8. The van der Waals surface area contributed by atoms with E-state index < -0.39 is 18.7 Å². The molecule has 0 atom stereocenters. The van der Waals surface area contributed by atoms with Crippen LogP contribution in [0, 0.1) is 6.92 Å². The Morgan fingerprint density at radius 2 is 2.06 bits per heavy atom. The number of alkyl halides is 3. The van der Waals surface area contributed by atoms with Gasteiger partial charge in [-0.25, -0.2) is 4.79 Å². The Hall–Kier alpha value is -1.72. The Morgan fingerprint density at radius 3 is 2.56 bits per heavy atom. The summed E-state index contributed by atoms with van der Waals surface area (Å²) in [5.74, 6) is -1.26. The Morgan fingerprint density at radius 1 is 1.44 bits per heavy atom. The average molecular weight is 233 g/mol. The monoisotopic (exact) mass is 233 g/mol. The van der Waals surface area contributed by atoms with Gasteiger partial charge in [0.2, 0.25) is 0 Å². The Labute approximate surface area is 89.9 Å². The van der Waals surface area contributed by atoms with E-state index in [1.807, 2.05) is 0 Å². The molecule has 0 aromatic heterocycles. The third-order valence-electron chi connectivity index (χ3n) is 1.88. The predicted molar refractivity (Wildman–Crippen MR) is 52.7 cm³/mol. The van der Waals surface area contributed by atoms with Crippen molar-refractivity contribution < 1.29 is 23.1 Å². The first kappa shape index (κ1) is 12.4. The number of halogens is 3. The van der Waals surface area contributed by atoms with Gasteiger partial charge in [-0.05, 0) is 19.1 Å². The van der Waals surface area contributed by atoms with Crippen LogP contribution in [0.2, 0.25) is 0 Å². The Balaban J connectivity index is 2.91. The highest BCUT2D eigenvalue weighted by atomic mass is 19.4. The molecule has 3 nitrogen and oxygen atoms in total. The SMILES string of the molecule is Cc1ccc(NCC(F)(F)F)c(C(=O)O)c1. The number of anilines is 1. The smallest absolute Gasteiger partial charge is 0.405 e. The van der Waals surface area contributed by atoms with Gasteiger partial charge in [-0.15, -0.1) is 0 Å². The van der Waals surface area contributed by atoms with Crippen LogP contribution in [0.4, 0.5) is 18.9 Å². The third-order valence-corrected chi connectivity index (χ3v) is 1.88. The molecule has 0 saturated heterocycles. The molecular formula is C10H10F3NO2. The zero-order valence-corrected chi connectivity index (χ0v) is 8.43. The lowest BCUT2D eigenvalue weighted by molar-refractivity contribution is -0.115. The van der Waals surface area contributed by atoms with Crippen LogP contribution in [0.25, 0.3) is 0 Å². The first-order chi connectivity index (χ1) is 7.29. The second-order valence-electron chi connectivity index (χ2n) is 3.32. The Kier molecular flexibility index (Phi) is 3.41. The summed E-state index contributed by atoms with van der Waals surface area (Å²) in [6, 6.07) is 4.19. The van der Waals surface area contributed by atoms with Gasteiger partial charge in [0.15, 0.2) is 0 Å². The number of hydrogen-bond donors (Lipinski definition) is 2. The van der Waals surface area contributed by atoms with E-state index in [9.17, 15) is 18.0 Å². The second kappa shape index (κ2) is 4.42. The van der Waals surface area contributed by atoms with Gasteiger partial charge in [-0.2, -0.15) is 13.2 Å². The molecule has 0 aliphatic rings. The van der Waals surface area contributed by atoms with Gasteiger partial charge in [0.25, 0.3) is 0 Å². The largest absolute Gasteiger partial charge is 0.478 e. The molecule has 0 bridgehead atoms.